The Morgan fingerprint density at radius 2 is 2.05 bits per heavy atom. The molecule has 2 aliphatic rings. The number of hydrogen-bond acceptors (Lipinski definition) is 3. The molecule has 2 N–H and O–H groups in total. The molecule has 0 aromatic rings. The van der Waals surface area contributed by atoms with E-state index in [2.05, 4.69) is 17.1 Å². The third kappa shape index (κ3) is 5.95. The molecule has 1 heterocycles. The van der Waals surface area contributed by atoms with E-state index < -0.39 is 5.60 Å². The molecule has 4 heteroatoms. The zero-order chi connectivity index (χ0) is 15.1. The predicted molar refractivity (Wildman–Crippen MR) is 85.1 cm³/mol. The Balaban J connectivity index is 1.50. The van der Waals surface area contributed by atoms with Gasteiger partial charge in [0.05, 0.1) is 12.0 Å². The third-order valence-electron chi connectivity index (χ3n) is 4.99. The smallest absolute Gasteiger partial charge is 0.222 e. The van der Waals surface area contributed by atoms with Crippen molar-refractivity contribution in [3.8, 4) is 0 Å². The van der Waals surface area contributed by atoms with Crippen LogP contribution in [0.3, 0.4) is 0 Å². The first-order valence-electron chi connectivity index (χ1n) is 8.79. The van der Waals surface area contributed by atoms with Crippen molar-refractivity contribution in [2.45, 2.75) is 70.3 Å². The van der Waals surface area contributed by atoms with Gasteiger partial charge in [-0.3, -0.25) is 4.79 Å². The molecule has 2 rings (SSSR count). The molecule has 1 aliphatic carbocycles. The molecule has 1 aliphatic heterocycles. The lowest BCUT2D eigenvalue weighted by molar-refractivity contribution is -0.125. The molecule has 21 heavy (non-hydrogen) atoms. The maximum atomic E-state index is 11.8. The van der Waals surface area contributed by atoms with E-state index in [4.69, 9.17) is 0 Å². The van der Waals surface area contributed by atoms with Gasteiger partial charge in [-0.15, -0.1) is 0 Å². The molecular formula is C17H32N2O2. The number of unbranched alkanes of at least 4 members (excludes halogenated alkanes) is 1. The van der Waals surface area contributed by atoms with Crippen LogP contribution in [-0.4, -0.2) is 47.7 Å². The average molecular weight is 296 g/mol. The number of carbonyl (C=O) groups is 1. The minimum absolute atomic E-state index is 0.0194. The summed E-state index contributed by atoms with van der Waals surface area (Å²) in [5, 5.41) is 13.2. The maximum absolute atomic E-state index is 11.8. The van der Waals surface area contributed by atoms with E-state index in [0.29, 0.717) is 0 Å². The Kier molecular flexibility index (Phi) is 6.49. The summed E-state index contributed by atoms with van der Waals surface area (Å²) in [5.41, 5.74) is -0.714. The minimum atomic E-state index is -0.714. The maximum Gasteiger partial charge on any atom is 0.222 e. The van der Waals surface area contributed by atoms with Crippen LogP contribution >= 0.6 is 0 Å². The highest BCUT2D eigenvalue weighted by atomic mass is 16.3. The van der Waals surface area contributed by atoms with Crippen LogP contribution in [0.1, 0.15) is 64.7 Å². The first kappa shape index (κ1) is 16.8. The first-order chi connectivity index (χ1) is 10.1. The fourth-order valence-electron chi connectivity index (χ4n) is 3.75. The van der Waals surface area contributed by atoms with E-state index in [9.17, 15) is 9.90 Å². The molecule has 0 spiro atoms. The number of piperidine rings is 1. The van der Waals surface area contributed by atoms with Gasteiger partial charge in [-0.1, -0.05) is 19.8 Å². The van der Waals surface area contributed by atoms with Gasteiger partial charge in [0.1, 0.15) is 0 Å². The number of aliphatic hydroxyl groups is 1. The monoisotopic (exact) mass is 296 g/mol. The topological polar surface area (TPSA) is 52.6 Å². The molecule has 2 fully saturated rings. The van der Waals surface area contributed by atoms with Crippen molar-refractivity contribution in [2.75, 3.05) is 26.2 Å². The van der Waals surface area contributed by atoms with Crippen molar-refractivity contribution in [2.24, 2.45) is 5.92 Å². The quantitative estimate of drug-likeness (QED) is 0.709. The van der Waals surface area contributed by atoms with Crippen molar-refractivity contribution in [3.63, 3.8) is 0 Å². The first-order valence-corrected chi connectivity index (χ1v) is 8.79. The van der Waals surface area contributed by atoms with Crippen molar-refractivity contribution in [3.05, 3.63) is 0 Å². The normalized spacial score (nSPS) is 25.9. The second kappa shape index (κ2) is 8.14. The zero-order valence-corrected chi connectivity index (χ0v) is 13.6. The summed E-state index contributed by atoms with van der Waals surface area (Å²) < 4.78 is 0. The number of hydrogen-bond donors (Lipinski definition) is 2. The molecule has 1 atom stereocenters. The van der Waals surface area contributed by atoms with Crippen LogP contribution in [0.25, 0.3) is 0 Å². The van der Waals surface area contributed by atoms with Gasteiger partial charge in [-0.05, 0) is 57.5 Å². The highest BCUT2D eigenvalue weighted by molar-refractivity contribution is 5.77. The third-order valence-corrected chi connectivity index (χ3v) is 4.99. The van der Waals surface area contributed by atoms with Gasteiger partial charge in [0.25, 0.3) is 0 Å². The largest absolute Gasteiger partial charge is 0.389 e. The van der Waals surface area contributed by atoms with Crippen LogP contribution < -0.4 is 5.32 Å². The lowest BCUT2D eigenvalue weighted by Crippen LogP contribution is -2.36. The number of nitrogens with one attached hydrogen (secondary N) is 1. The van der Waals surface area contributed by atoms with Crippen LogP contribution in [0.2, 0.25) is 0 Å². The van der Waals surface area contributed by atoms with Gasteiger partial charge in [0.2, 0.25) is 5.91 Å². The molecule has 1 saturated heterocycles. The number of likely N-dealkylation sites (tertiary alicyclic amines) is 1. The van der Waals surface area contributed by atoms with E-state index in [1.54, 1.807) is 0 Å². The average Bonchev–Trinajstić information content (AvgIpc) is 2.85. The van der Waals surface area contributed by atoms with Crippen LogP contribution in [-0.2, 0) is 4.79 Å². The van der Waals surface area contributed by atoms with Crippen LogP contribution in [0, 0.1) is 5.92 Å². The molecule has 0 bridgehead atoms. The van der Waals surface area contributed by atoms with Gasteiger partial charge in [0, 0.05) is 13.1 Å². The second-order valence-electron chi connectivity index (χ2n) is 7.21. The van der Waals surface area contributed by atoms with Gasteiger partial charge in [0.15, 0.2) is 0 Å². The molecule has 1 unspecified atom stereocenters. The Morgan fingerprint density at radius 3 is 2.76 bits per heavy atom. The summed E-state index contributed by atoms with van der Waals surface area (Å²) in [6, 6.07) is 0. The summed E-state index contributed by atoms with van der Waals surface area (Å²) in [7, 11) is 0. The molecule has 1 saturated carbocycles. The fraction of sp³-hybridized carbons (Fsp3) is 0.941. The van der Waals surface area contributed by atoms with Crippen molar-refractivity contribution < 1.29 is 9.90 Å². The SMILES string of the molecule is CC1CCCN(CCCCNC(=O)CC2(O)CCCC2)C1. The van der Waals surface area contributed by atoms with Crippen LogP contribution in [0.15, 0.2) is 0 Å². The highest BCUT2D eigenvalue weighted by Gasteiger charge is 2.33. The number of nitrogens with zero attached hydrogens (tertiary/aromatic N) is 1. The van der Waals surface area contributed by atoms with E-state index in [1.807, 2.05) is 0 Å². The van der Waals surface area contributed by atoms with Crippen LogP contribution in [0.5, 0.6) is 0 Å². The van der Waals surface area contributed by atoms with Crippen molar-refractivity contribution >= 4 is 5.91 Å². The van der Waals surface area contributed by atoms with E-state index in [1.165, 1.54) is 25.9 Å². The van der Waals surface area contributed by atoms with E-state index in [0.717, 1.165) is 57.5 Å². The molecular weight excluding hydrogens is 264 g/mol. The summed E-state index contributed by atoms with van der Waals surface area (Å²) in [6.45, 7) is 6.71. The molecule has 0 aromatic heterocycles. The summed E-state index contributed by atoms with van der Waals surface area (Å²) >= 11 is 0. The van der Waals surface area contributed by atoms with Gasteiger partial charge in [-0.25, -0.2) is 0 Å². The van der Waals surface area contributed by atoms with Gasteiger partial charge >= 0.3 is 0 Å². The Morgan fingerprint density at radius 1 is 1.29 bits per heavy atom. The van der Waals surface area contributed by atoms with Crippen molar-refractivity contribution in [1.29, 1.82) is 0 Å². The lowest BCUT2D eigenvalue weighted by Gasteiger charge is -2.30. The van der Waals surface area contributed by atoms with Gasteiger partial charge in [-0.2, -0.15) is 0 Å². The predicted octanol–water partition coefficient (Wildman–Crippen LogP) is 2.31. The molecule has 4 nitrogen and oxygen atoms in total. The molecule has 1 amide bonds. The summed E-state index contributed by atoms with van der Waals surface area (Å²) in [4.78, 5) is 14.4. The molecule has 122 valence electrons. The van der Waals surface area contributed by atoms with E-state index in [-0.39, 0.29) is 12.3 Å². The van der Waals surface area contributed by atoms with Gasteiger partial charge < -0.3 is 15.3 Å². The number of rotatable bonds is 7. The summed E-state index contributed by atoms with van der Waals surface area (Å²) in [5.74, 6) is 0.858. The Labute approximate surface area is 129 Å². The lowest BCUT2D eigenvalue weighted by atomic mass is 9.98. The fourth-order valence-corrected chi connectivity index (χ4v) is 3.75. The Hall–Kier alpha value is -0.610. The van der Waals surface area contributed by atoms with E-state index >= 15 is 0 Å². The second-order valence-corrected chi connectivity index (χ2v) is 7.21. The van der Waals surface area contributed by atoms with Crippen molar-refractivity contribution in [1.82, 2.24) is 10.2 Å². The number of carbonyl (C=O) groups excluding carboxylic acids is 1. The standard InChI is InChI=1S/C17H32N2O2/c1-15-7-6-12-19(14-15)11-5-4-10-18-16(20)13-17(21)8-2-3-9-17/h15,21H,2-14H2,1H3,(H,18,20). The van der Waals surface area contributed by atoms with Crippen LogP contribution in [0.4, 0.5) is 0 Å². The summed E-state index contributed by atoms with van der Waals surface area (Å²) in [6.07, 6.45) is 8.85. The Bertz CT molecular complexity index is 327. The minimum Gasteiger partial charge on any atom is -0.389 e. The zero-order valence-electron chi connectivity index (χ0n) is 13.6. The highest BCUT2D eigenvalue weighted by Crippen LogP contribution is 2.32. The molecule has 0 radical (unpaired) electrons. The molecule has 0 aromatic carbocycles. The number of amides is 1.